The highest BCUT2D eigenvalue weighted by Gasteiger charge is 2.38. The molecule has 0 spiro atoms. The minimum absolute atomic E-state index is 0.123. The number of benzene rings is 1. The Morgan fingerprint density at radius 3 is 2.68 bits per heavy atom. The van der Waals surface area contributed by atoms with Gasteiger partial charge in [-0.15, -0.1) is 10.2 Å². The quantitative estimate of drug-likeness (QED) is 0.323. The molecule has 4 aromatic rings. The summed E-state index contributed by atoms with van der Waals surface area (Å²) in [5, 5.41) is 34.5. The van der Waals surface area contributed by atoms with Crippen LogP contribution < -0.4 is 10.6 Å². The van der Waals surface area contributed by atoms with E-state index in [0.717, 1.165) is 5.56 Å². The molecular formula is C24H24N6O4. The molecule has 174 valence electrons. The fourth-order valence-corrected chi connectivity index (χ4v) is 3.96. The van der Waals surface area contributed by atoms with E-state index < -0.39 is 11.9 Å². The monoisotopic (exact) mass is 460 g/mol. The van der Waals surface area contributed by atoms with Crippen LogP contribution in [0, 0.1) is 0 Å². The van der Waals surface area contributed by atoms with Gasteiger partial charge in [0.05, 0.1) is 29.6 Å². The van der Waals surface area contributed by atoms with Crippen LogP contribution in [0.1, 0.15) is 43.0 Å². The van der Waals surface area contributed by atoms with Crippen LogP contribution in [-0.4, -0.2) is 37.0 Å². The number of aromatic nitrogens is 4. The maximum atomic E-state index is 10.1. The molecule has 1 unspecified atom stereocenters. The third-order valence-corrected chi connectivity index (χ3v) is 5.63. The number of nitrogens with zero attached hydrogens (tertiary/aromatic N) is 4. The number of pyridine rings is 2. The molecular weight excluding hydrogens is 436 g/mol. The molecule has 2 atom stereocenters. The Hall–Kier alpha value is -3.86. The minimum atomic E-state index is -0.998. The minimum Gasteiger partial charge on any atom is -0.423 e. The lowest BCUT2D eigenvalue weighted by atomic mass is 10.0. The Bertz CT molecular complexity index is 1280. The van der Waals surface area contributed by atoms with Gasteiger partial charge in [-0.3, -0.25) is 0 Å². The number of fused-ring (bicyclic) bond motifs is 1. The number of aliphatic hydroxyl groups excluding tert-OH is 2. The normalized spacial score (nSPS) is 17.2. The lowest BCUT2D eigenvalue weighted by Crippen LogP contribution is -2.17. The summed E-state index contributed by atoms with van der Waals surface area (Å²) in [6.07, 6.45) is 1.86. The van der Waals surface area contributed by atoms with Crippen molar-refractivity contribution < 1.29 is 19.4 Å². The van der Waals surface area contributed by atoms with E-state index in [1.165, 1.54) is 6.39 Å². The van der Waals surface area contributed by atoms with Gasteiger partial charge in [0.15, 0.2) is 6.29 Å². The summed E-state index contributed by atoms with van der Waals surface area (Å²) in [5.41, 5.74) is 2.76. The summed E-state index contributed by atoms with van der Waals surface area (Å²) in [6.45, 7) is 3.59. The van der Waals surface area contributed by atoms with Gasteiger partial charge >= 0.3 is 0 Å². The summed E-state index contributed by atoms with van der Waals surface area (Å²) in [7, 11) is 0. The van der Waals surface area contributed by atoms with Crippen molar-refractivity contribution in [3.63, 3.8) is 0 Å². The summed E-state index contributed by atoms with van der Waals surface area (Å²) in [6, 6.07) is 14.6. The van der Waals surface area contributed by atoms with Crippen LogP contribution in [0.2, 0.25) is 0 Å². The maximum Gasteiger partial charge on any atom is 0.251 e. The third kappa shape index (κ3) is 4.21. The van der Waals surface area contributed by atoms with Crippen molar-refractivity contribution in [3.8, 4) is 11.5 Å². The second kappa shape index (κ2) is 8.82. The van der Waals surface area contributed by atoms with Crippen molar-refractivity contribution in [1.29, 1.82) is 0 Å². The fourth-order valence-electron chi connectivity index (χ4n) is 3.96. The van der Waals surface area contributed by atoms with E-state index in [9.17, 15) is 10.2 Å². The lowest BCUT2D eigenvalue weighted by Gasteiger charge is -2.20. The lowest BCUT2D eigenvalue weighted by molar-refractivity contribution is -0.158. The standard InChI is InChI=1S/C24H24N6O4/c1-24(2)21-15(23(32)34-24)8-9-19(29-21)28-20-10-17(16(11-25-20)22-30-26-13-33-22)27-18(12-31)14-6-4-3-5-7-14/h3-11,13,18,23,31-32H,12H2,1-2H3,(H2,25,27,28,29)/t18-,23?/m1/s1. The van der Waals surface area contributed by atoms with E-state index in [0.29, 0.717) is 40.0 Å². The van der Waals surface area contributed by atoms with Gasteiger partial charge in [-0.1, -0.05) is 30.3 Å². The van der Waals surface area contributed by atoms with E-state index in [-0.39, 0.29) is 12.6 Å². The van der Waals surface area contributed by atoms with Gasteiger partial charge < -0.3 is 30.0 Å². The number of hydrogen-bond donors (Lipinski definition) is 4. The molecule has 10 heteroatoms. The van der Waals surface area contributed by atoms with Crippen LogP contribution in [-0.2, 0) is 10.3 Å². The SMILES string of the molecule is CC1(C)OC(O)c2ccc(Nc3cc(N[C@H](CO)c4ccccc4)c(-c4nnco4)cn3)nc21. The number of aliphatic hydroxyl groups is 2. The smallest absolute Gasteiger partial charge is 0.251 e. The molecule has 5 rings (SSSR count). The van der Waals surface area contributed by atoms with Gasteiger partial charge in [0.2, 0.25) is 6.39 Å². The molecule has 10 nitrogen and oxygen atoms in total. The first-order chi connectivity index (χ1) is 16.4. The van der Waals surface area contributed by atoms with Gasteiger partial charge in [0, 0.05) is 17.8 Å². The Morgan fingerprint density at radius 2 is 1.94 bits per heavy atom. The van der Waals surface area contributed by atoms with E-state index in [4.69, 9.17) is 9.15 Å². The second-order valence-corrected chi connectivity index (χ2v) is 8.39. The molecule has 34 heavy (non-hydrogen) atoms. The van der Waals surface area contributed by atoms with Crippen molar-refractivity contribution in [2.24, 2.45) is 0 Å². The van der Waals surface area contributed by atoms with Crippen LogP contribution in [0.4, 0.5) is 17.3 Å². The Kier molecular flexibility index (Phi) is 5.70. The molecule has 1 aromatic carbocycles. The Morgan fingerprint density at radius 1 is 1.12 bits per heavy atom. The number of ether oxygens (including phenoxy) is 1. The zero-order valence-electron chi connectivity index (χ0n) is 18.6. The van der Waals surface area contributed by atoms with Crippen LogP contribution in [0.15, 0.2) is 65.5 Å². The topological polar surface area (TPSA) is 138 Å². The first-order valence-electron chi connectivity index (χ1n) is 10.8. The van der Waals surface area contributed by atoms with Gasteiger partial charge in [-0.25, -0.2) is 9.97 Å². The average molecular weight is 460 g/mol. The highest BCUT2D eigenvalue weighted by molar-refractivity contribution is 5.75. The van der Waals surface area contributed by atoms with Crippen LogP contribution >= 0.6 is 0 Å². The predicted molar refractivity (Wildman–Crippen MR) is 124 cm³/mol. The highest BCUT2D eigenvalue weighted by atomic mass is 16.6. The van der Waals surface area contributed by atoms with Gasteiger partial charge in [0.25, 0.3) is 5.89 Å². The molecule has 4 heterocycles. The molecule has 0 saturated heterocycles. The predicted octanol–water partition coefficient (Wildman–Crippen LogP) is 3.67. The van der Waals surface area contributed by atoms with Crippen LogP contribution in [0.3, 0.4) is 0 Å². The zero-order chi connectivity index (χ0) is 23.7. The second-order valence-electron chi connectivity index (χ2n) is 8.39. The first-order valence-corrected chi connectivity index (χ1v) is 10.8. The van der Waals surface area contributed by atoms with Gasteiger partial charge in [-0.2, -0.15) is 0 Å². The number of anilines is 3. The molecule has 0 saturated carbocycles. The summed E-state index contributed by atoms with van der Waals surface area (Å²) < 4.78 is 11.0. The van der Waals surface area contributed by atoms with Crippen LogP contribution in [0.25, 0.3) is 11.5 Å². The van der Waals surface area contributed by atoms with E-state index in [1.807, 2.05) is 44.2 Å². The number of rotatable bonds is 7. The molecule has 0 fully saturated rings. The largest absolute Gasteiger partial charge is 0.423 e. The molecule has 0 aliphatic carbocycles. The number of nitrogens with one attached hydrogen (secondary N) is 2. The molecule has 3 aromatic heterocycles. The molecule has 1 aliphatic rings. The van der Waals surface area contributed by atoms with Crippen molar-refractivity contribution in [1.82, 2.24) is 20.2 Å². The maximum absolute atomic E-state index is 10.1. The average Bonchev–Trinajstić information content (AvgIpc) is 3.44. The van der Waals surface area contributed by atoms with Crippen molar-refractivity contribution in [2.45, 2.75) is 31.8 Å². The molecule has 4 N–H and O–H groups in total. The van der Waals surface area contributed by atoms with E-state index in [1.54, 1.807) is 24.4 Å². The summed E-state index contributed by atoms with van der Waals surface area (Å²) in [5.74, 6) is 1.37. The zero-order valence-corrected chi connectivity index (χ0v) is 18.6. The van der Waals surface area contributed by atoms with Crippen molar-refractivity contribution >= 4 is 17.3 Å². The summed E-state index contributed by atoms with van der Waals surface area (Å²) >= 11 is 0. The van der Waals surface area contributed by atoms with Gasteiger partial charge in [0.1, 0.15) is 17.2 Å². The number of hydrogen-bond acceptors (Lipinski definition) is 10. The van der Waals surface area contributed by atoms with Gasteiger partial charge in [-0.05, 0) is 31.5 Å². The fraction of sp³-hybridized carbons (Fsp3) is 0.250. The van der Waals surface area contributed by atoms with Crippen LogP contribution in [0.5, 0.6) is 0 Å². The first kappa shape index (κ1) is 22.0. The highest BCUT2D eigenvalue weighted by Crippen LogP contribution is 2.41. The van der Waals surface area contributed by atoms with Crippen molar-refractivity contribution in [2.75, 3.05) is 17.2 Å². The van der Waals surface area contributed by atoms with Crippen molar-refractivity contribution in [3.05, 3.63) is 77.9 Å². The molecule has 1 aliphatic heterocycles. The molecule has 0 radical (unpaired) electrons. The summed E-state index contributed by atoms with van der Waals surface area (Å²) in [4.78, 5) is 9.12. The molecule has 0 bridgehead atoms. The Labute approximate surface area is 195 Å². The van der Waals surface area contributed by atoms with E-state index >= 15 is 0 Å². The molecule has 0 amide bonds. The third-order valence-electron chi connectivity index (χ3n) is 5.63. The Balaban J connectivity index is 1.48. The van der Waals surface area contributed by atoms with E-state index in [2.05, 4.69) is 30.8 Å².